The second kappa shape index (κ2) is 10.5. The van der Waals surface area contributed by atoms with Gasteiger partial charge in [0.1, 0.15) is 30.0 Å². The Morgan fingerprint density at radius 1 is 0.971 bits per heavy atom. The molecule has 35 heavy (non-hydrogen) atoms. The Kier molecular flexibility index (Phi) is 8.11. The van der Waals surface area contributed by atoms with Crippen molar-refractivity contribution in [3.63, 3.8) is 0 Å². The number of aliphatic hydroxyl groups excluding tert-OH is 3. The van der Waals surface area contributed by atoms with E-state index >= 15 is 0 Å². The Hall–Kier alpha value is -2.65. The molecule has 2 heterocycles. The highest BCUT2D eigenvalue weighted by atomic mass is 16.8. The molecule has 1 aliphatic carbocycles. The van der Waals surface area contributed by atoms with E-state index < -0.39 is 78.8 Å². The van der Waals surface area contributed by atoms with Crippen molar-refractivity contribution in [2.24, 2.45) is 11.8 Å². The van der Waals surface area contributed by atoms with Crippen LogP contribution in [0, 0.1) is 11.8 Å². The summed E-state index contributed by atoms with van der Waals surface area (Å²) in [6.45, 7) is 2.97. The lowest BCUT2D eigenvalue weighted by Crippen LogP contribution is -2.59. The van der Waals surface area contributed by atoms with E-state index in [1.165, 1.54) is 13.8 Å². The van der Waals surface area contributed by atoms with E-state index in [0.717, 1.165) is 27.6 Å². The fraction of sp³-hybridized carbons (Fsp3) is 0.762. The molecule has 0 aromatic rings. The van der Waals surface area contributed by atoms with Gasteiger partial charge < -0.3 is 53.2 Å². The quantitative estimate of drug-likeness (QED) is 0.322. The van der Waals surface area contributed by atoms with Gasteiger partial charge in [-0.15, -0.1) is 0 Å². The number of aliphatic hydroxyl groups is 3. The van der Waals surface area contributed by atoms with Gasteiger partial charge in [-0.3, -0.25) is 0 Å². The fourth-order valence-electron chi connectivity index (χ4n) is 4.73. The Labute approximate surface area is 200 Å². The van der Waals surface area contributed by atoms with Crippen LogP contribution in [0.4, 0.5) is 9.59 Å². The van der Waals surface area contributed by atoms with Gasteiger partial charge in [-0.1, -0.05) is 0 Å². The van der Waals surface area contributed by atoms with Crippen LogP contribution in [0.3, 0.4) is 0 Å². The summed E-state index contributed by atoms with van der Waals surface area (Å²) >= 11 is 0. The van der Waals surface area contributed by atoms with Crippen molar-refractivity contribution in [3.8, 4) is 0 Å². The largest absolute Gasteiger partial charge is 0.508 e. The lowest BCUT2D eigenvalue weighted by atomic mass is 9.80. The van der Waals surface area contributed by atoms with E-state index in [-0.39, 0.29) is 12.0 Å². The Balaban J connectivity index is 2.00. The van der Waals surface area contributed by atoms with Gasteiger partial charge in [0.2, 0.25) is 6.29 Å². The summed E-state index contributed by atoms with van der Waals surface area (Å²) in [7, 11) is 3.36. The highest BCUT2D eigenvalue weighted by Gasteiger charge is 2.63. The van der Waals surface area contributed by atoms with E-state index in [2.05, 4.69) is 9.47 Å². The Bertz CT molecular complexity index is 844. The number of hydrogen-bond donors (Lipinski definition) is 3. The zero-order chi connectivity index (χ0) is 26.1. The molecular weight excluding hydrogens is 476 g/mol. The van der Waals surface area contributed by atoms with Crippen LogP contribution >= 0.6 is 0 Å². The Morgan fingerprint density at radius 2 is 1.63 bits per heavy atom. The molecule has 10 atom stereocenters. The molecular formula is C21H30O14. The molecule has 0 radical (unpaired) electrons. The van der Waals surface area contributed by atoms with Crippen LogP contribution in [0.2, 0.25) is 0 Å². The van der Waals surface area contributed by atoms with Crippen molar-refractivity contribution in [3.05, 3.63) is 11.8 Å². The zero-order valence-corrected chi connectivity index (χ0v) is 19.8. The van der Waals surface area contributed by atoms with Gasteiger partial charge in [-0.05, 0) is 13.8 Å². The van der Waals surface area contributed by atoms with Crippen molar-refractivity contribution in [2.45, 2.75) is 69.0 Å². The van der Waals surface area contributed by atoms with Gasteiger partial charge in [0.25, 0.3) is 0 Å². The average Bonchev–Trinajstić information content (AvgIpc) is 3.12. The first kappa shape index (κ1) is 26.9. The predicted octanol–water partition coefficient (Wildman–Crippen LogP) is -0.427. The number of carbonyl (C=O) groups excluding carboxylic acids is 3. The molecule has 3 rings (SSSR count). The molecule has 2 aliphatic heterocycles. The molecule has 2 fully saturated rings. The summed E-state index contributed by atoms with van der Waals surface area (Å²) in [5.41, 5.74) is -1.52. The smallest absolute Gasteiger partial charge is 0.471 e. The van der Waals surface area contributed by atoms with Crippen molar-refractivity contribution in [1.29, 1.82) is 0 Å². The molecule has 0 aromatic heterocycles. The molecule has 10 unspecified atom stereocenters. The van der Waals surface area contributed by atoms with Crippen LogP contribution in [0.1, 0.15) is 20.3 Å². The maximum absolute atomic E-state index is 12.5. The summed E-state index contributed by atoms with van der Waals surface area (Å²) in [5.74, 6) is -2.78. The first-order valence-corrected chi connectivity index (χ1v) is 10.8. The lowest BCUT2D eigenvalue weighted by Gasteiger charge is -2.44. The van der Waals surface area contributed by atoms with Gasteiger partial charge >= 0.3 is 18.3 Å². The zero-order valence-electron chi connectivity index (χ0n) is 19.8. The van der Waals surface area contributed by atoms with Crippen LogP contribution in [-0.2, 0) is 42.7 Å². The minimum atomic E-state index is -1.66. The van der Waals surface area contributed by atoms with Gasteiger partial charge in [-0.25, -0.2) is 14.4 Å². The first-order valence-electron chi connectivity index (χ1n) is 10.8. The van der Waals surface area contributed by atoms with Gasteiger partial charge in [0.15, 0.2) is 6.29 Å². The number of rotatable bonds is 5. The van der Waals surface area contributed by atoms with Crippen LogP contribution < -0.4 is 0 Å². The first-order chi connectivity index (χ1) is 16.5. The third-order valence-electron chi connectivity index (χ3n) is 6.48. The number of hydrogen-bond acceptors (Lipinski definition) is 14. The topological polar surface area (TPSA) is 186 Å². The van der Waals surface area contributed by atoms with Crippen molar-refractivity contribution < 1.29 is 67.6 Å². The molecule has 1 saturated heterocycles. The third-order valence-corrected chi connectivity index (χ3v) is 6.48. The normalized spacial score (nSPS) is 40.5. The second-order valence-corrected chi connectivity index (χ2v) is 8.62. The number of ether oxygens (including phenoxy) is 8. The highest BCUT2D eigenvalue weighted by molar-refractivity contribution is 5.89. The maximum atomic E-state index is 12.5. The van der Waals surface area contributed by atoms with Crippen LogP contribution in [0.5, 0.6) is 0 Å². The average molecular weight is 506 g/mol. The van der Waals surface area contributed by atoms with Gasteiger partial charge in [0, 0.05) is 12.3 Å². The standard InChI is InChI=1S/C21H30O14/c1-8-13(22)14(23)15(24)18(32-8)34-17-12-11(9(7-31-17)16(25)28-3)10(33-19(26)29-4)6-21(12,2)35-20(27)30-5/h7-8,10-15,17-18,22-24H,6H2,1-5H3. The monoisotopic (exact) mass is 506 g/mol. The molecule has 3 aliphatic rings. The summed E-state index contributed by atoms with van der Waals surface area (Å²) in [6.07, 6.45) is -10.5. The number of esters is 1. The minimum absolute atomic E-state index is 0.0302. The molecule has 198 valence electrons. The Morgan fingerprint density at radius 3 is 2.23 bits per heavy atom. The van der Waals surface area contributed by atoms with E-state index in [1.54, 1.807) is 0 Å². The predicted molar refractivity (Wildman–Crippen MR) is 109 cm³/mol. The molecule has 0 amide bonds. The molecule has 0 bridgehead atoms. The number of carbonyl (C=O) groups is 3. The van der Waals surface area contributed by atoms with Crippen molar-refractivity contribution >= 4 is 18.3 Å². The fourth-order valence-corrected chi connectivity index (χ4v) is 4.73. The molecule has 3 N–H and O–H groups in total. The maximum Gasteiger partial charge on any atom is 0.508 e. The van der Waals surface area contributed by atoms with E-state index in [1.807, 2.05) is 0 Å². The van der Waals surface area contributed by atoms with Crippen molar-refractivity contribution in [2.75, 3.05) is 21.3 Å². The number of fused-ring (bicyclic) bond motifs is 1. The molecule has 14 heteroatoms. The van der Waals surface area contributed by atoms with Crippen LogP contribution in [-0.4, -0.2) is 104 Å². The van der Waals surface area contributed by atoms with Gasteiger partial charge in [-0.2, -0.15) is 0 Å². The summed E-state index contributed by atoms with van der Waals surface area (Å²) < 4.78 is 41.9. The third kappa shape index (κ3) is 5.16. The molecule has 1 saturated carbocycles. The van der Waals surface area contributed by atoms with Crippen LogP contribution in [0.15, 0.2) is 11.8 Å². The SMILES string of the molecule is COC(=O)OC1CC(C)(OC(=O)OC)C2C(OC3OC(C)C(O)C(O)C3O)OC=C(C(=O)OC)C12. The van der Waals surface area contributed by atoms with Crippen molar-refractivity contribution in [1.82, 2.24) is 0 Å². The summed E-state index contributed by atoms with van der Waals surface area (Å²) in [4.78, 5) is 36.6. The molecule has 0 spiro atoms. The van der Waals surface area contributed by atoms with E-state index in [0.29, 0.717) is 0 Å². The highest BCUT2D eigenvalue weighted by Crippen LogP contribution is 2.52. The second-order valence-electron chi connectivity index (χ2n) is 8.62. The molecule has 14 nitrogen and oxygen atoms in total. The summed E-state index contributed by atoms with van der Waals surface area (Å²) in [6, 6.07) is 0. The number of methoxy groups -OCH3 is 3. The van der Waals surface area contributed by atoms with Gasteiger partial charge in [0.05, 0.1) is 45.2 Å². The van der Waals surface area contributed by atoms with E-state index in [4.69, 9.17) is 28.4 Å². The molecule has 0 aromatic carbocycles. The van der Waals surface area contributed by atoms with E-state index in [9.17, 15) is 29.7 Å². The lowest BCUT2D eigenvalue weighted by molar-refractivity contribution is -0.341. The minimum Gasteiger partial charge on any atom is -0.471 e. The van der Waals surface area contributed by atoms with Crippen LogP contribution in [0.25, 0.3) is 0 Å². The summed E-state index contributed by atoms with van der Waals surface area (Å²) in [5, 5.41) is 30.5.